The Morgan fingerprint density at radius 2 is 1.08 bits per heavy atom. The molecule has 0 aliphatic rings. The molecule has 2 aromatic carbocycles. The van der Waals surface area contributed by atoms with Gasteiger partial charge in [-0.2, -0.15) is 0 Å². The summed E-state index contributed by atoms with van der Waals surface area (Å²) in [5.41, 5.74) is -4.19. The summed E-state index contributed by atoms with van der Waals surface area (Å²) in [5, 5.41) is 35.9. The topological polar surface area (TPSA) is 149 Å². The second-order valence-corrected chi connectivity index (χ2v) is 5.29. The molecular formula is C14H6Cl2O8. The molecular weight excluding hydrogens is 367 g/mol. The van der Waals surface area contributed by atoms with E-state index in [4.69, 9.17) is 23.2 Å². The third kappa shape index (κ3) is 2.51. The molecule has 4 N–H and O–H groups in total. The Morgan fingerprint density at radius 1 is 0.667 bits per heavy atom. The quantitative estimate of drug-likeness (QED) is 0.639. The maximum Gasteiger partial charge on any atom is 0.337 e. The fourth-order valence-corrected chi connectivity index (χ4v) is 2.79. The zero-order chi connectivity index (χ0) is 18.3. The van der Waals surface area contributed by atoms with Crippen molar-refractivity contribution in [3.05, 3.63) is 44.4 Å². The molecule has 24 heavy (non-hydrogen) atoms. The number of carboxylic acids is 4. The van der Waals surface area contributed by atoms with Gasteiger partial charge in [0, 0.05) is 5.39 Å². The smallest absolute Gasteiger partial charge is 0.337 e. The first kappa shape index (κ1) is 17.5. The van der Waals surface area contributed by atoms with Crippen LogP contribution >= 0.6 is 23.2 Å². The average molecular weight is 373 g/mol. The molecule has 124 valence electrons. The first-order chi connectivity index (χ1) is 11.1. The third-order valence-electron chi connectivity index (χ3n) is 3.22. The third-order valence-corrected chi connectivity index (χ3v) is 4.02. The van der Waals surface area contributed by atoms with Gasteiger partial charge in [0.1, 0.15) is 0 Å². The van der Waals surface area contributed by atoms with Crippen LogP contribution in [0.25, 0.3) is 10.8 Å². The van der Waals surface area contributed by atoms with Crippen molar-refractivity contribution in [2.45, 2.75) is 0 Å². The molecule has 0 bridgehead atoms. The number of hydrogen-bond donors (Lipinski definition) is 4. The van der Waals surface area contributed by atoms with Crippen LogP contribution in [0.3, 0.4) is 0 Å². The minimum absolute atomic E-state index is 0.151. The molecule has 0 aliphatic carbocycles. The van der Waals surface area contributed by atoms with Gasteiger partial charge < -0.3 is 20.4 Å². The average Bonchev–Trinajstić information content (AvgIpc) is 2.47. The van der Waals surface area contributed by atoms with Crippen molar-refractivity contribution in [1.29, 1.82) is 0 Å². The summed E-state index contributed by atoms with van der Waals surface area (Å²) in [6, 6.07) is 2.22. The Bertz CT molecular complexity index is 948. The summed E-state index contributed by atoms with van der Waals surface area (Å²) in [7, 11) is 0. The summed E-state index contributed by atoms with van der Waals surface area (Å²) in [5.74, 6) is -7.37. The normalized spacial score (nSPS) is 10.6. The first-order valence-corrected chi connectivity index (χ1v) is 6.76. The fourth-order valence-electron chi connectivity index (χ4n) is 2.38. The van der Waals surface area contributed by atoms with E-state index >= 15 is 0 Å². The highest BCUT2D eigenvalue weighted by molar-refractivity contribution is 6.46. The molecule has 2 aromatic rings. The summed E-state index contributed by atoms with van der Waals surface area (Å²) in [6.45, 7) is 0. The number of fused-ring (bicyclic) bond motifs is 1. The molecule has 0 fully saturated rings. The lowest BCUT2D eigenvalue weighted by molar-refractivity contribution is 0.0621. The van der Waals surface area contributed by atoms with Crippen LogP contribution in [-0.4, -0.2) is 44.3 Å². The molecule has 0 atom stereocenters. The van der Waals surface area contributed by atoms with E-state index in [1.54, 1.807) is 0 Å². The van der Waals surface area contributed by atoms with E-state index in [1.807, 2.05) is 0 Å². The van der Waals surface area contributed by atoms with E-state index in [1.165, 1.54) is 0 Å². The van der Waals surface area contributed by atoms with Crippen molar-refractivity contribution in [3.63, 3.8) is 0 Å². The maximum atomic E-state index is 11.6. The molecule has 10 heteroatoms. The van der Waals surface area contributed by atoms with Crippen LogP contribution in [0.2, 0.25) is 10.0 Å². The maximum absolute atomic E-state index is 11.6. The molecule has 0 saturated carbocycles. The standard InChI is InChI=1S/C14H6Cl2O8/c15-4-2-1-3-5(10(4)16)7(12(19)20)9(14(23)24)8(13(21)22)6(3)11(17)18/h1-2H,(H,17,18)(H,19,20)(H,21,22)(H,23,24). The highest BCUT2D eigenvalue weighted by atomic mass is 35.5. The Kier molecular flexibility index (Phi) is 4.37. The van der Waals surface area contributed by atoms with Crippen LogP contribution in [0.4, 0.5) is 0 Å². The second kappa shape index (κ2) is 5.99. The molecule has 0 spiro atoms. The van der Waals surface area contributed by atoms with Gasteiger partial charge in [-0.25, -0.2) is 19.2 Å². The number of benzene rings is 2. The fraction of sp³-hybridized carbons (Fsp3) is 0. The summed E-state index contributed by atoms with van der Waals surface area (Å²) >= 11 is 11.7. The summed E-state index contributed by atoms with van der Waals surface area (Å²) in [6.07, 6.45) is 0. The zero-order valence-electron chi connectivity index (χ0n) is 11.3. The van der Waals surface area contributed by atoms with Crippen molar-refractivity contribution in [1.82, 2.24) is 0 Å². The summed E-state index contributed by atoms with van der Waals surface area (Å²) < 4.78 is 0. The van der Waals surface area contributed by atoms with Gasteiger partial charge in [-0.15, -0.1) is 0 Å². The van der Waals surface area contributed by atoms with Gasteiger partial charge in [0.25, 0.3) is 0 Å². The van der Waals surface area contributed by atoms with Gasteiger partial charge in [-0.1, -0.05) is 29.3 Å². The number of hydrogen-bond acceptors (Lipinski definition) is 4. The Morgan fingerprint density at radius 3 is 1.50 bits per heavy atom. The number of carboxylic acid groups (broad SMARTS) is 4. The van der Waals surface area contributed by atoms with Gasteiger partial charge in [0.2, 0.25) is 0 Å². The number of halogens is 2. The van der Waals surface area contributed by atoms with Gasteiger partial charge in [0.15, 0.2) is 0 Å². The van der Waals surface area contributed by atoms with Crippen LogP contribution in [-0.2, 0) is 0 Å². The Balaban J connectivity index is 3.36. The zero-order valence-corrected chi connectivity index (χ0v) is 12.8. The molecule has 0 unspecified atom stereocenters. The van der Waals surface area contributed by atoms with Gasteiger partial charge in [-0.3, -0.25) is 0 Å². The predicted octanol–water partition coefficient (Wildman–Crippen LogP) is 2.94. The molecule has 0 radical (unpaired) electrons. The van der Waals surface area contributed by atoms with E-state index in [0.29, 0.717) is 0 Å². The number of carbonyl (C=O) groups is 4. The van der Waals surface area contributed by atoms with Crippen molar-refractivity contribution in [2.24, 2.45) is 0 Å². The SMILES string of the molecule is O=C(O)c1c(C(=O)O)c(C(=O)O)c2c(Cl)c(Cl)ccc2c1C(=O)O. The molecule has 0 saturated heterocycles. The lowest BCUT2D eigenvalue weighted by atomic mass is 9.88. The van der Waals surface area contributed by atoms with Crippen molar-refractivity contribution >= 4 is 57.9 Å². The predicted molar refractivity (Wildman–Crippen MR) is 81.8 cm³/mol. The van der Waals surface area contributed by atoms with Gasteiger partial charge in [-0.05, 0) is 11.5 Å². The Labute approximate surface area is 142 Å². The first-order valence-electron chi connectivity index (χ1n) is 6.00. The van der Waals surface area contributed by atoms with Crippen molar-refractivity contribution in [2.75, 3.05) is 0 Å². The number of rotatable bonds is 4. The molecule has 8 nitrogen and oxygen atoms in total. The van der Waals surface area contributed by atoms with Crippen molar-refractivity contribution < 1.29 is 39.6 Å². The van der Waals surface area contributed by atoms with Crippen LogP contribution in [0.1, 0.15) is 41.4 Å². The van der Waals surface area contributed by atoms with Gasteiger partial charge in [0.05, 0.1) is 32.3 Å². The molecule has 0 amide bonds. The molecule has 0 aromatic heterocycles. The van der Waals surface area contributed by atoms with Crippen LogP contribution < -0.4 is 0 Å². The van der Waals surface area contributed by atoms with E-state index in [-0.39, 0.29) is 10.4 Å². The van der Waals surface area contributed by atoms with E-state index in [0.717, 1.165) is 12.1 Å². The number of aromatic carboxylic acids is 4. The lowest BCUT2D eigenvalue weighted by Gasteiger charge is -2.15. The minimum atomic E-state index is -1.93. The second-order valence-electron chi connectivity index (χ2n) is 4.50. The highest BCUT2D eigenvalue weighted by Gasteiger charge is 2.34. The highest BCUT2D eigenvalue weighted by Crippen LogP contribution is 2.39. The minimum Gasteiger partial charge on any atom is -0.478 e. The van der Waals surface area contributed by atoms with Gasteiger partial charge >= 0.3 is 23.9 Å². The Hall–Kier alpha value is -2.84. The van der Waals surface area contributed by atoms with Crippen molar-refractivity contribution in [3.8, 4) is 0 Å². The summed E-state index contributed by atoms with van der Waals surface area (Å²) in [4.78, 5) is 46.0. The van der Waals surface area contributed by atoms with E-state index in [2.05, 4.69) is 0 Å². The van der Waals surface area contributed by atoms with Crippen LogP contribution in [0.5, 0.6) is 0 Å². The van der Waals surface area contributed by atoms with Crippen LogP contribution in [0, 0.1) is 0 Å². The van der Waals surface area contributed by atoms with E-state index < -0.39 is 56.5 Å². The monoisotopic (exact) mass is 372 g/mol. The molecule has 2 rings (SSSR count). The largest absolute Gasteiger partial charge is 0.478 e. The van der Waals surface area contributed by atoms with E-state index in [9.17, 15) is 39.6 Å². The van der Waals surface area contributed by atoms with Crippen LogP contribution in [0.15, 0.2) is 12.1 Å². The lowest BCUT2D eigenvalue weighted by Crippen LogP contribution is -2.20. The molecule has 0 heterocycles. The molecule has 0 aliphatic heterocycles.